The molecule has 0 aromatic heterocycles. The van der Waals surface area contributed by atoms with Gasteiger partial charge >= 0.3 is 0 Å². The molecule has 0 radical (unpaired) electrons. The molecule has 88 valence electrons. The van der Waals surface area contributed by atoms with Gasteiger partial charge in [0.25, 0.3) is 5.91 Å². The summed E-state index contributed by atoms with van der Waals surface area (Å²) in [6.45, 7) is 6.41. The summed E-state index contributed by atoms with van der Waals surface area (Å²) < 4.78 is 0.949. The van der Waals surface area contributed by atoms with Crippen LogP contribution in [0.5, 0.6) is 0 Å². The lowest BCUT2D eigenvalue weighted by atomic mass is 9.86. The summed E-state index contributed by atoms with van der Waals surface area (Å²) in [5.74, 6) is 0.0341. The van der Waals surface area contributed by atoms with Gasteiger partial charge in [0.15, 0.2) is 0 Å². The summed E-state index contributed by atoms with van der Waals surface area (Å²) in [4.78, 5) is 13.5. The van der Waals surface area contributed by atoms with Crippen molar-refractivity contribution >= 4 is 21.8 Å². The summed E-state index contributed by atoms with van der Waals surface area (Å²) in [5.41, 5.74) is 1.93. The number of carbonyl (C=O) groups excluding carboxylic acids is 1. The van der Waals surface area contributed by atoms with E-state index in [0.717, 1.165) is 15.6 Å². The Morgan fingerprint density at radius 1 is 1.19 bits per heavy atom. The van der Waals surface area contributed by atoms with E-state index in [0.29, 0.717) is 0 Å². The molecule has 0 N–H and O–H groups in total. The molecule has 0 unspecified atom stereocenters. The molecule has 3 heteroatoms. The minimum absolute atomic E-state index is 0.0341. The summed E-state index contributed by atoms with van der Waals surface area (Å²) in [5, 5.41) is 0. The molecule has 1 amide bonds. The number of rotatable bonds is 1. The number of benzene rings is 1. The molecule has 0 heterocycles. The first kappa shape index (κ1) is 13.2. The van der Waals surface area contributed by atoms with Crippen LogP contribution in [0.4, 0.5) is 0 Å². The van der Waals surface area contributed by atoms with Crippen molar-refractivity contribution in [3.8, 4) is 0 Å². The van der Waals surface area contributed by atoms with Crippen molar-refractivity contribution in [2.45, 2.75) is 26.2 Å². The third kappa shape index (κ3) is 3.08. The number of hydrogen-bond donors (Lipinski definition) is 0. The molecule has 0 fully saturated rings. The van der Waals surface area contributed by atoms with E-state index in [1.54, 1.807) is 19.0 Å². The third-order valence-corrected chi connectivity index (χ3v) is 2.87. The highest BCUT2D eigenvalue weighted by molar-refractivity contribution is 9.10. The maximum absolute atomic E-state index is 11.9. The van der Waals surface area contributed by atoms with E-state index in [4.69, 9.17) is 0 Å². The van der Waals surface area contributed by atoms with E-state index >= 15 is 0 Å². The zero-order chi connectivity index (χ0) is 12.5. The molecule has 1 aromatic carbocycles. The second-order valence-electron chi connectivity index (χ2n) is 5.18. The second kappa shape index (κ2) is 4.58. The minimum atomic E-state index is 0.0341. The number of halogens is 1. The molecule has 0 aliphatic heterocycles. The van der Waals surface area contributed by atoms with Crippen LogP contribution in [0.1, 0.15) is 36.7 Å². The normalized spacial score (nSPS) is 11.4. The van der Waals surface area contributed by atoms with Gasteiger partial charge in [-0.2, -0.15) is 0 Å². The van der Waals surface area contributed by atoms with Crippen LogP contribution in [0, 0.1) is 0 Å². The Bertz CT molecular complexity index is 405. The van der Waals surface area contributed by atoms with Crippen LogP contribution in [0.15, 0.2) is 22.7 Å². The van der Waals surface area contributed by atoms with Crippen molar-refractivity contribution in [1.82, 2.24) is 4.90 Å². The Morgan fingerprint density at radius 2 is 1.75 bits per heavy atom. The highest BCUT2D eigenvalue weighted by atomic mass is 79.9. The van der Waals surface area contributed by atoms with E-state index in [2.05, 4.69) is 42.8 Å². The van der Waals surface area contributed by atoms with E-state index in [-0.39, 0.29) is 11.3 Å². The van der Waals surface area contributed by atoms with Crippen LogP contribution in [-0.4, -0.2) is 24.9 Å². The standard InChI is InChI=1S/C13H18BrNO/c1-13(2,3)10-6-9(7-11(14)8-10)12(16)15(4)5/h6-8H,1-5H3. The molecular weight excluding hydrogens is 266 g/mol. The lowest BCUT2D eigenvalue weighted by Gasteiger charge is -2.21. The van der Waals surface area contributed by atoms with Crippen LogP contribution in [-0.2, 0) is 5.41 Å². The Hall–Kier alpha value is -0.830. The number of nitrogens with zero attached hydrogens (tertiary/aromatic N) is 1. The molecule has 0 aliphatic carbocycles. The quantitative estimate of drug-likeness (QED) is 0.773. The maximum atomic E-state index is 11.9. The van der Waals surface area contributed by atoms with Crippen LogP contribution in [0.3, 0.4) is 0 Å². The van der Waals surface area contributed by atoms with E-state index in [9.17, 15) is 4.79 Å². The smallest absolute Gasteiger partial charge is 0.253 e. The van der Waals surface area contributed by atoms with Gasteiger partial charge in [-0.25, -0.2) is 0 Å². The largest absolute Gasteiger partial charge is 0.345 e. The average Bonchev–Trinajstić information content (AvgIpc) is 2.14. The summed E-state index contributed by atoms with van der Waals surface area (Å²) >= 11 is 3.45. The lowest BCUT2D eigenvalue weighted by Crippen LogP contribution is -2.22. The fraction of sp³-hybridized carbons (Fsp3) is 0.462. The van der Waals surface area contributed by atoms with E-state index in [1.807, 2.05) is 12.1 Å². The maximum Gasteiger partial charge on any atom is 0.253 e. The van der Waals surface area contributed by atoms with E-state index < -0.39 is 0 Å². The van der Waals surface area contributed by atoms with Crippen molar-refractivity contribution in [2.75, 3.05) is 14.1 Å². The lowest BCUT2D eigenvalue weighted by molar-refractivity contribution is 0.0827. The van der Waals surface area contributed by atoms with Crippen LogP contribution in [0.2, 0.25) is 0 Å². The van der Waals surface area contributed by atoms with Crippen LogP contribution in [0.25, 0.3) is 0 Å². The summed E-state index contributed by atoms with van der Waals surface area (Å²) in [6, 6.07) is 5.89. The molecule has 0 atom stereocenters. The number of hydrogen-bond acceptors (Lipinski definition) is 1. The van der Waals surface area contributed by atoms with Gasteiger partial charge < -0.3 is 4.90 Å². The van der Waals surface area contributed by atoms with E-state index in [1.165, 1.54) is 0 Å². The number of carbonyl (C=O) groups is 1. The molecular formula is C13H18BrNO. The predicted octanol–water partition coefficient (Wildman–Crippen LogP) is 3.45. The van der Waals surface area contributed by atoms with Gasteiger partial charge in [0.2, 0.25) is 0 Å². The van der Waals surface area contributed by atoms with Gasteiger partial charge in [-0.3, -0.25) is 4.79 Å². The molecule has 16 heavy (non-hydrogen) atoms. The Kier molecular flexibility index (Phi) is 3.79. The predicted molar refractivity (Wildman–Crippen MR) is 70.9 cm³/mol. The fourth-order valence-corrected chi connectivity index (χ4v) is 1.90. The molecule has 1 rings (SSSR count). The molecule has 2 nitrogen and oxygen atoms in total. The van der Waals surface area contributed by atoms with Crippen LogP contribution < -0.4 is 0 Å². The first-order valence-electron chi connectivity index (χ1n) is 5.24. The zero-order valence-electron chi connectivity index (χ0n) is 10.5. The van der Waals surface area contributed by atoms with Gasteiger partial charge in [-0.15, -0.1) is 0 Å². The molecule has 0 saturated heterocycles. The average molecular weight is 284 g/mol. The van der Waals surface area contributed by atoms with Crippen molar-refractivity contribution < 1.29 is 4.79 Å². The summed E-state index contributed by atoms with van der Waals surface area (Å²) in [6.07, 6.45) is 0. The molecule has 0 bridgehead atoms. The molecule has 1 aromatic rings. The topological polar surface area (TPSA) is 20.3 Å². The Morgan fingerprint density at radius 3 is 2.19 bits per heavy atom. The van der Waals surface area contributed by atoms with Crippen molar-refractivity contribution in [2.24, 2.45) is 0 Å². The zero-order valence-corrected chi connectivity index (χ0v) is 12.1. The highest BCUT2D eigenvalue weighted by Gasteiger charge is 2.17. The summed E-state index contributed by atoms with van der Waals surface area (Å²) in [7, 11) is 3.53. The fourth-order valence-electron chi connectivity index (χ4n) is 1.40. The van der Waals surface area contributed by atoms with Gasteiger partial charge in [0.1, 0.15) is 0 Å². The minimum Gasteiger partial charge on any atom is -0.345 e. The third-order valence-electron chi connectivity index (χ3n) is 2.42. The van der Waals surface area contributed by atoms with Crippen LogP contribution >= 0.6 is 15.9 Å². The van der Waals surface area contributed by atoms with Crippen molar-refractivity contribution in [1.29, 1.82) is 0 Å². The van der Waals surface area contributed by atoms with Gasteiger partial charge in [0, 0.05) is 24.1 Å². The van der Waals surface area contributed by atoms with Gasteiger partial charge in [-0.1, -0.05) is 36.7 Å². The van der Waals surface area contributed by atoms with Gasteiger partial charge in [-0.05, 0) is 29.2 Å². The first-order chi connectivity index (χ1) is 7.21. The first-order valence-corrected chi connectivity index (χ1v) is 6.04. The SMILES string of the molecule is CN(C)C(=O)c1cc(Br)cc(C(C)(C)C)c1. The number of amides is 1. The molecule has 0 saturated carbocycles. The second-order valence-corrected chi connectivity index (χ2v) is 6.09. The molecule has 0 aliphatic rings. The van der Waals surface area contributed by atoms with Gasteiger partial charge in [0.05, 0.1) is 0 Å². The highest BCUT2D eigenvalue weighted by Crippen LogP contribution is 2.27. The van der Waals surface area contributed by atoms with Crippen molar-refractivity contribution in [3.63, 3.8) is 0 Å². The van der Waals surface area contributed by atoms with Crippen molar-refractivity contribution in [3.05, 3.63) is 33.8 Å². The molecule has 0 spiro atoms. The monoisotopic (exact) mass is 283 g/mol. The Balaban J connectivity index is 3.24. The Labute approximate surface area is 106 Å².